The first-order valence-electron chi connectivity index (χ1n) is 6.26. The van der Waals surface area contributed by atoms with Crippen LogP contribution in [0.3, 0.4) is 0 Å². The minimum absolute atomic E-state index is 0.0424. The summed E-state index contributed by atoms with van der Waals surface area (Å²) in [5.41, 5.74) is 0. The topological polar surface area (TPSA) is 87.7 Å². The summed E-state index contributed by atoms with van der Waals surface area (Å²) in [4.78, 5) is 21.5. The Balaban J connectivity index is 3.43. The van der Waals surface area contributed by atoms with E-state index in [0.717, 1.165) is 12.8 Å². The van der Waals surface area contributed by atoms with Crippen LogP contribution in [0.4, 0.5) is 0 Å². The third kappa shape index (κ3) is 11.3. The number of hydrogen-bond donors (Lipinski definition) is 3. The van der Waals surface area contributed by atoms with Crippen molar-refractivity contribution < 1.29 is 19.4 Å². The van der Waals surface area contributed by atoms with Crippen LogP contribution in [0, 0.1) is 0 Å². The van der Waals surface area contributed by atoms with E-state index in [2.05, 4.69) is 10.6 Å². The number of carboxylic acids is 1. The first-order chi connectivity index (χ1) is 8.41. The largest absolute Gasteiger partial charge is 0.480 e. The average molecular weight is 260 g/mol. The molecule has 0 aliphatic rings. The van der Waals surface area contributed by atoms with Crippen LogP contribution >= 0.6 is 0 Å². The van der Waals surface area contributed by atoms with E-state index in [1.807, 2.05) is 20.8 Å². The Morgan fingerprint density at radius 2 is 1.83 bits per heavy atom. The molecule has 18 heavy (non-hydrogen) atoms. The van der Waals surface area contributed by atoms with Gasteiger partial charge in [-0.25, -0.2) is 0 Å². The monoisotopic (exact) mass is 260 g/mol. The van der Waals surface area contributed by atoms with Gasteiger partial charge in [-0.05, 0) is 19.8 Å². The summed E-state index contributed by atoms with van der Waals surface area (Å²) in [6.07, 6.45) is 1.50. The molecule has 0 amide bonds. The number of aliphatic carboxylic acids is 1. The molecule has 0 aromatic carbocycles. The SMILES string of the molecule is CC(C)NCC(=O)OCCCC(C)NCC(=O)O. The molecular weight excluding hydrogens is 236 g/mol. The van der Waals surface area contributed by atoms with Crippen molar-refractivity contribution in [3.8, 4) is 0 Å². The fourth-order valence-electron chi connectivity index (χ4n) is 1.28. The van der Waals surface area contributed by atoms with Gasteiger partial charge in [-0.1, -0.05) is 13.8 Å². The van der Waals surface area contributed by atoms with Gasteiger partial charge in [-0.15, -0.1) is 0 Å². The van der Waals surface area contributed by atoms with Crippen LogP contribution in [0.2, 0.25) is 0 Å². The summed E-state index contributed by atoms with van der Waals surface area (Å²) in [6, 6.07) is 0.367. The average Bonchev–Trinajstić information content (AvgIpc) is 2.29. The Kier molecular flexibility index (Phi) is 9.22. The highest BCUT2D eigenvalue weighted by Crippen LogP contribution is 1.97. The van der Waals surface area contributed by atoms with Crippen LogP contribution in [0.1, 0.15) is 33.6 Å². The maximum absolute atomic E-state index is 11.2. The lowest BCUT2D eigenvalue weighted by atomic mass is 10.2. The summed E-state index contributed by atoms with van der Waals surface area (Å²) in [6.45, 7) is 6.39. The number of hydrogen-bond acceptors (Lipinski definition) is 5. The summed E-state index contributed by atoms with van der Waals surface area (Å²) in [5.74, 6) is -1.12. The van der Waals surface area contributed by atoms with Gasteiger partial charge in [0.1, 0.15) is 0 Å². The molecule has 1 atom stereocenters. The zero-order valence-corrected chi connectivity index (χ0v) is 11.4. The maximum Gasteiger partial charge on any atom is 0.319 e. The Morgan fingerprint density at radius 1 is 1.17 bits per heavy atom. The van der Waals surface area contributed by atoms with Crippen LogP contribution in [0.25, 0.3) is 0 Å². The highest BCUT2D eigenvalue weighted by molar-refractivity contribution is 5.71. The summed E-state index contributed by atoms with van der Waals surface area (Å²) < 4.78 is 5.02. The summed E-state index contributed by atoms with van der Waals surface area (Å²) in [7, 11) is 0. The molecule has 6 nitrogen and oxygen atoms in total. The Morgan fingerprint density at radius 3 is 2.39 bits per heavy atom. The van der Waals surface area contributed by atoms with E-state index in [9.17, 15) is 9.59 Å². The Bertz CT molecular complexity index is 256. The van der Waals surface area contributed by atoms with Gasteiger partial charge in [0.25, 0.3) is 0 Å². The lowest BCUT2D eigenvalue weighted by molar-refractivity contribution is -0.142. The van der Waals surface area contributed by atoms with Gasteiger partial charge in [-0.2, -0.15) is 0 Å². The van der Waals surface area contributed by atoms with Crippen molar-refractivity contribution in [1.29, 1.82) is 0 Å². The molecule has 0 bridgehead atoms. The van der Waals surface area contributed by atoms with Crippen molar-refractivity contribution in [2.75, 3.05) is 19.7 Å². The molecule has 0 saturated heterocycles. The van der Waals surface area contributed by atoms with Crippen LogP contribution in [-0.4, -0.2) is 48.8 Å². The predicted molar refractivity (Wildman–Crippen MR) is 68.4 cm³/mol. The van der Waals surface area contributed by atoms with Crippen molar-refractivity contribution in [3.05, 3.63) is 0 Å². The van der Waals surface area contributed by atoms with Crippen LogP contribution in [-0.2, 0) is 14.3 Å². The first-order valence-corrected chi connectivity index (χ1v) is 6.26. The maximum atomic E-state index is 11.2. The van der Waals surface area contributed by atoms with Crippen molar-refractivity contribution in [2.45, 2.75) is 45.7 Å². The van der Waals surface area contributed by atoms with Crippen LogP contribution in [0.15, 0.2) is 0 Å². The Labute approximate surface area is 108 Å². The Hall–Kier alpha value is -1.14. The second-order valence-corrected chi connectivity index (χ2v) is 4.57. The molecular formula is C12H24N2O4. The molecule has 3 N–H and O–H groups in total. The number of carboxylic acid groups (broad SMARTS) is 1. The molecule has 0 rings (SSSR count). The third-order valence-corrected chi connectivity index (χ3v) is 2.30. The molecule has 0 radical (unpaired) electrons. The van der Waals surface area contributed by atoms with Crippen molar-refractivity contribution in [3.63, 3.8) is 0 Å². The van der Waals surface area contributed by atoms with E-state index < -0.39 is 5.97 Å². The van der Waals surface area contributed by atoms with Gasteiger partial charge in [0.2, 0.25) is 0 Å². The molecule has 0 aliphatic carbocycles. The molecule has 0 fully saturated rings. The van der Waals surface area contributed by atoms with Gasteiger partial charge in [-0.3, -0.25) is 9.59 Å². The van der Waals surface area contributed by atoms with Gasteiger partial charge < -0.3 is 20.5 Å². The van der Waals surface area contributed by atoms with Crippen molar-refractivity contribution in [1.82, 2.24) is 10.6 Å². The molecule has 1 unspecified atom stereocenters. The molecule has 0 saturated carbocycles. The first kappa shape index (κ1) is 16.9. The minimum Gasteiger partial charge on any atom is -0.480 e. The van der Waals surface area contributed by atoms with E-state index in [-0.39, 0.29) is 31.1 Å². The standard InChI is InChI=1S/C12H24N2O4/c1-9(2)13-8-12(17)18-6-4-5-10(3)14-7-11(15)16/h9-10,13-14H,4-8H2,1-3H3,(H,15,16). The van der Waals surface area contributed by atoms with Gasteiger partial charge in [0.15, 0.2) is 0 Å². The lowest BCUT2D eigenvalue weighted by Crippen LogP contribution is -2.32. The van der Waals surface area contributed by atoms with E-state index in [1.54, 1.807) is 0 Å². The van der Waals surface area contributed by atoms with Crippen molar-refractivity contribution >= 4 is 11.9 Å². The zero-order valence-electron chi connectivity index (χ0n) is 11.4. The fraction of sp³-hybridized carbons (Fsp3) is 0.833. The van der Waals surface area contributed by atoms with Gasteiger partial charge >= 0.3 is 11.9 Å². The van der Waals surface area contributed by atoms with E-state index >= 15 is 0 Å². The van der Waals surface area contributed by atoms with E-state index in [4.69, 9.17) is 9.84 Å². The number of carbonyl (C=O) groups is 2. The van der Waals surface area contributed by atoms with Crippen molar-refractivity contribution in [2.24, 2.45) is 0 Å². The molecule has 106 valence electrons. The normalized spacial score (nSPS) is 12.4. The van der Waals surface area contributed by atoms with Crippen LogP contribution in [0.5, 0.6) is 0 Å². The predicted octanol–water partition coefficient (Wildman–Crippen LogP) is 0.371. The number of nitrogens with one attached hydrogen (secondary N) is 2. The quantitative estimate of drug-likeness (QED) is 0.388. The lowest BCUT2D eigenvalue weighted by Gasteiger charge is -2.12. The molecule has 0 heterocycles. The van der Waals surface area contributed by atoms with E-state index in [0.29, 0.717) is 6.61 Å². The number of carbonyl (C=O) groups excluding carboxylic acids is 1. The number of esters is 1. The van der Waals surface area contributed by atoms with E-state index in [1.165, 1.54) is 0 Å². The van der Waals surface area contributed by atoms with Crippen LogP contribution < -0.4 is 10.6 Å². The molecule has 0 spiro atoms. The smallest absolute Gasteiger partial charge is 0.319 e. The zero-order chi connectivity index (χ0) is 14.0. The molecule has 0 aromatic rings. The van der Waals surface area contributed by atoms with Gasteiger partial charge in [0, 0.05) is 12.1 Å². The summed E-state index contributed by atoms with van der Waals surface area (Å²) >= 11 is 0. The number of ether oxygens (including phenoxy) is 1. The fourth-order valence-corrected chi connectivity index (χ4v) is 1.28. The second kappa shape index (κ2) is 9.85. The molecule has 6 heteroatoms. The highest BCUT2D eigenvalue weighted by atomic mass is 16.5. The third-order valence-electron chi connectivity index (χ3n) is 2.30. The molecule has 0 aliphatic heterocycles. The minimum atomic E-state index is -0.868. The second-order valence-electron chi connectivity index (χ2n) is 4.57. The van der Waals surface area contributed by atoms with Gasteiger partial charge in [0.05, 0.1) is 19.7 Å². The summed E-state index contributed by atoms with van der Waals surface area (Å²) in [5, 5.41) is 14.3. The highest BCUT2D eigenvalue weighted by Gasteiger charge is 2.06. The molecule has 0 aromatic heterocycles. The number of rotatable bonds is 10.